The molecule has 1 fully saturated rings. The molecule has 4 aliphatic rings. The Balaban J connectivity index is 1.44. The van der Waals surface area contributed by atoms with Crippen LogP contribution < -0.4 is 5.73 Å². The fourth-order valence-corrected chi connectivity index (χ4v) is 5.49. The lowest BCUT2D eigenvalue weighted by atomic mass is 9.84. The molecule has 1 aromatic rings. The first-order valence-corrected chi connectivity index (χ1v) is 10.6. The summed E-state index contributed by atoms with van der Waals surface area (Å²) < 4.78 is 6.78. The van der Waals surface area contributed by atoms with Crippen LogP contribution in [0.3, 0.4) is 0 Å². The first-order valence-electron chi connectivity index (χ1n) is 10.6. The maximum atomic E-state index is 6.78. The quantitative estimate of drug-likeness (QED) is 0.752. The highest BCUT2D eigenvalue weighted by Gasteiger charge is 2.37. The molecule has 0 aromatic heterocycles. The number of hydrogen-bond donors (Lipinski definition) is 1. The molecule has 2 N–H and O–H groups in total. The van der Waals surface area contributed by atoms with Gasteiger partial charge in [-0.2, -0.15) is 0 Å². The fourth-order valence-electron chi connectivity index (χ4n) is 5.49. The zero-order valence-corrected chi connectivity index (χ0v) is 16.4. The van der Waals surface area contributed by atoms with Crippen LogP contribution in [0.4, 0.5) is 0 Å². The van der Waals surface area contributed by atoms with Crippen LogP contribution in [-0.2, 0) is 11.2 Å². The van der Waals surface area contributed by atoms with Crippen LogP contribution in [0.2, 0.25) is 0 Å². The number of benzene rings is 1. The number of hydrogen-bond acceptors (Lipinski definition) is 2. The van der Waals surface area contributed by atoms with Crippen LogP contribution in [0.25, 0.3) is 0 Å². The van der Waals surface area contributed by atoms with Crippen LogP contribution in [0.5, 0.6) is 0 Å². The highest BCUT2D eigenvalue weighted by molar-refractivity contribution is 5.50. The molecule has 0 amide bonds. The second-order valence-electron chi connectivity index (χ2n) is 8.83. The minimum absolute atomic E-state index is 0.131. The van der Waals surface area contributed by atoms with Crippen LogP contribution in [0, 0.1) is 17.8 Å². The van der Waals surface area contributed by atoms with Gasteiger partial charge < -0.3 is 10.5 Å². The summed E-state index contributed by atoms with van der Waals surface area (Å²) in [6.07, 6.45) is 18.9. The topological polar surface area (TPSA) is 35.2 Å². The Bertz CT molecular complexity index is 903. The monoisotopic (exact) mass is 371 g/mol. The summed E-state index contributed by atoms with van der Waals surface area (Å²) in [5.74, 6) is 2.52. The minimum Gasteiger partial charge on any atom is -0.485 e. The fraction of sp³-hybridized carbons (Fsp3) is 0.385. The maximum Gasteiger partial charge on any atom is 0.127 e. The van der Waals surface area contributed by atoms with Crippen molar-refractivity contribution in [3.8, 4) is 0 Å². The average Bonchev–Trinajstić information content (AvgIpc) is 3.28. The van der Waals surface area contributed by atoms with Gasteiger partial charge in [0, 0.05) is 23.5 Å². The number of rotatable bonds is 4. The molecule has 144 valence electrons. The number of fused-ring (bicyclic) bond motifs is 2. The Kier molecular flexibility index (Phi) is 4.60. The third-order valence-electron chi connectivity index (χ3n) is 6.90. The number of ether oxygens (including phenoxy) is 1. The van der Waals surface area contributed by atoms with Gasteiger partial charge in [0.1, 0.15) is 11.9 Å². The Morgan fingerprint density at radius 3 is 2.82 bits per heavy atom. The highest BCUT2D eigenvalue weighted by atomic mass is 16.5. The Hall–Kier alpha value is -2.32. The molecule has 1 saturated carbocycles. The first kappa shape index (κ1) is 17.8. The molecule has 0 spiro atoms. The van der Waals surface area contributed by atoms with E-state index in [1.165, 1.54) is 42.4 Å². The lowest BCUT2D eigenvalue weighted by molar-refractivity contribution is 0.0684. The highest BCUT2D eigenvalue weighted by Crippen LogP contribution is 2.46. The largest absolute Gasteiger partial charge is 0.485 e. The van der Waals surface area contributed by atoms with Gasteiger partial charge in [-0.3, -0.25) is 0 Å². The van der Waals surface area contributed by atoms with E-state index >= 15 is 0 Å². The zero-order valence-electron chi connectivity index (χ0n) is 16.4. The van der Waals surface area contributed by atoms with Crippen LogP contribution >= 0.6 is 0 Å². The summed E-state index contributed by atoms with van der Waals surface area (Å²) >= 11 is 0. The van der Waals surface area contributed by atoms with E-state index in [9.17, 15) is 0 Å². The molecule has 0 heterocycles. The summed E-state index contributed by atoms with van der Waals surface area (Å²) in [4.78, 5) is 0. The van der Waals surface area contributed by atoms with Gasteiger partial charge in [-0.15, -0.1) is 0 Å². The van der Waals surface area contributed by atoms with E-state index in [-0.39, 0.29) is 12.0 Å². The molecule has 1 aromatic carbocycles. The van der Waals surface area contributed by atoms with E-state index in [1.807, 2.05) is 0 Å². The summed E-state index contributed by atoms with van der Waals surface area (Å²) in [6, 6.07) is 9.22. The third kappa shape index (κ3) is 3.20. The number of nitrogens with two attached hydrogens (primary N) is 1. The van der Waals surface area contributed by atoms with Crippen molar-refractivity contribution in [3.63, 3.8) is 0 Å². The van der Waals surface area contributed by atoms with Gasteiger partial charge in [0.05, 0.1) is 0 Å². The molecule has 0 saturated heterocycles. The second-order valence-corrected chi connectivity index (χ2v) is 8.83. The van der Waals surface area contributed by atoms with Crippen molar-refractivity contribution in [1.29, 1.82) is 0 Å². The normalized spacial score (nSPS) is 33.3. The standard InChI is InChI=1S/C26H29NO/c1-17-10-13-25(24-9-5-4-7-22(17)24)28-26-20(14-18-11-12-21(27)15-18)16-19-6-2-3-8-23(19)26/h2-10,13,18,20-22,26H,1,11-12,14-16,27H2/t18?,20-,21?,22?,26+/m1/s1. The van der Waals surface area contributed by atoms with Crippen molar-refractivity contribution in [3.05, 3.63) is 95.3 Å². The summed E-state index contributed by atoms with van der Waals surface area (Å²) in [5.41, 5.74) is 11.4. The van der Waals surface area contributed by atoms with Crippen molar-refractivity contribution in [2.24, 2.45) is 23.5 Å². The van der Waals surface area contributed by atoms with Gasteiger partial charge in [-0.1, -0.05) is 61.2 Å². The van der Waals surface area contributed by atoms with Gasteiger partial charge >= 0.3 is 0 Å². The lowest BCUT2D eigenvalue weighted by Crippen LogP contribution is -2.19. The molecule has 5 atom stereocenters. The van der Waals surface area contributed by atoms with Crippen molar-refractivity contribution in [2.45, 2.75) is 44.2 Å². The van der Waals surface area contributed by atoms with E-state index in [0.717, 1.165) is 23.7 Å². The SMILES string of the molecule is C=C1C=CC(O[C@@H]2c3ccccc3C[C@H]2CC2CCC(N)C2)=C2C=CC=CC12. The molecule has 4 aliphatic carbocycles. The zero-order chi connectivity index (χ0) is 19.1. The molecule has 3 unspecified atom stereocenters. The molecular weight excluding hydrogens is 342 g/mol. The molecule has 5 rings (SSSR count). The molecular formula is C26H29NO. The van der Waals surface area contributed by atoms with E-state index in [2.05, 4.69) is 67.3 Å². The van der Waals surface area contributed by atoms with Crippen molar-refractivity contribution < 1.29 is 4.74 Å². The molecule has 0 aliphatic heterocycles. The van der Waals surface area contributed by atoms with E-state index in [4.69, 9.17) is 10.5 Å². The maximum absolute atomic E-state index is 6.78. The average molecular weight is 372 g/mol. The van der Waals surface area contributed by atoms with Gasteiger partial charge in [0.25, 0.3) is 0 Å². The summed E-state index contributed by atoms with van der Waals surface area (Å²) in [5, 5.41) is 0. The molecule has 28 heavy (non-hydrogen) atoms. The third-order valence-corrected chi connectivity index (χ3v) is 6.90. The van der Waals surface area contributed by atoms with E-state index in [1.54, 1.807) is 0 Å². The molecule has 2 heteroatoms. The minimum atomic E-state index is 0.131. The first-order chi connectivity index (χ1) is 13.7. The van der Waals surface area contributed by atoms with Gasteiger partial charge in [0.15, 0.2) is 0 Å². The molecule has 2 nitrogen and oxygen atoms in total. The van der Waals surface area contributed by atoms with Crippen LogP contribution in [0.15, 0.2) is 84.2 Å². The Morgan fingerprint density at radius 2 is 1.96 bits per heavy atom. The Morgan fingerprint density at radius 1 is 1.07 bits per heavy atom. The lowest BCUT2D eigenvalue weighted by Gasteiger charge is -2.29. The van der Waals surface area contributed by atoms with Crippen LogP contribution in [0.1, 0.15) is 42.9 Å². The van der Waals surface area contributed by atoms with Crippen molar-refractivity contribution in [2.75, 3.05) is 0 Å². The van der Waals surface area contributed by atoms with Gasteiger partial charge in [-0.25, -0.2) is 0 Å². The van der Waals surface area contributed by atoms with E-state index < -0.39 is 0 Å². The van der Waals surface area contributed by atoms with E-state index in [0.29, 0.717) is 12.0 Å². The Labute approximate surface area is 168 Å². The molecule has 0 bridgehead atoms. The van der Waals surface area contributed by atoms with Crippen molar-refractivity contribution in [1.82, 2.24) is 0 Å². The predicted molar refractivity (Wildman–Crippen MR) is 114 cm³/mol. The van der Waals surface area contributed by atoms with Crippen LogP contribution in [-0.4, -0.2) is 6.04 Å². The predicted octanol–water partition coefficient (Wildman–Crippen LogP) is 5.56. The van der Waals surface area contributed by atoms with Gasteiger partial charge in [0.2, 0.25) is 0 Å². The summed E-state index contributed by atoms with van der Waals surface area (Å²) in [6.45, 7) is 4.22. The smallest absolute Gasteiger partial charge is 0.127 e. The number of allylic oxidation sites excluding steroid dienone is 8. The summed E-state index contributed by atoms with van der Waals surface area (Å²) in [7, 11) is 0. The van der Waals surface area contributed by atoms with Gasteiger partial charge in [-0.05, 0) is 60.8 Å². The second kappa shape index (κ2) is 7.25. The van der Waals surface area contributed by atoms with Crippen molar-refractivity contribution >= 4 is 0 Å². The molecule has 0 radical (unpaired) electrons.